The molecule has 1 heterocycles. The molecule has 1 fully saturated rings. The third kappa shape index (κ3) is 2.56. The van der Waals surface area contributed by atoms with Gasteiger partial charge in [-0.2, -0.15) is 15.0 Å². The lowest BCUT2D eigenvalue weighted by molar-refractivity contribution is -0.113. The largest absolute Gasteiger partial charge is 0.325 e. The van der Waals surface area contributed by atoms with Crippen molar-refractivity contribution in [3.8, 4) is 0 Å². The number of hydrogen-bond donors (Lipinski definition) is 1. The van der Waals surface area contributed by atoms with Crippen molar-refractivity contribution in [1.82, 2.24) is 15.0 Å². The van der Waals surface area contributed by atoms with E-state index in [-0.39, 0.29) is 11.8 Å². The number of alkyl halides is 1. The number of carbonyl (C=O) groups excluding carboxylic acids is 1. The van der Waals surface area contributed by atoms with Crippen LogP contribution in [0, 0.1) is 0 Å². The van der Waals surface area contributed by atoms with Crippen LogP contribution in [-0.4, -0.2) is 26.8 Å². The van der Waals surface area contributed by atoms with Gasteiger partial charge in [-0.05, 0) is 31.0 Å². The predicted molar refractivity (Wildman–Crippen MR) is 74.4 cm³/mol. The zero-order valence-electron chi connectivity index (χ0n) is 10.5. The summed E-state index contributed by atoms with van der Waals surface area (Å²) in [5, 5.41) is 11.7. The summed E-state index contributed by atoms with van der Waals surface area (Å²) in [5.41, 5.74) is 2.37. The van der Waals surface area contributed by atoms with E-state index >= 15 is 0 Å². The van der Waals surface area contributed by atoms with Crippen LogP contribution in [0.3, 0.4) is 0 Å². The van der Waals surface area contributed by atoms with Gasteiger partial charge in [0.2, 0.25) is 5.91 Å². The molecule has 1 aromatic heterocycles. The van der Waals surface area contributed by atoms with Gasteiger partial charge in [-0.3, -0.25) is 4.79 Å². The zero-order valence-corrected chi connectivity index (χ0v) is 11.2. The minimum absolute atomic E-state index is 0.0488. The van der Waals surface area contributed by atoms with Crippen LogP contribution in [0.15, 0.2) is 18.2 Å². The van der Waals surface area contributed by atoms with Gasteiger partial charge in [-0.15, -0.1) is 11.6 Å². The van der Waals surface area contributed by atoms with Crippen LogP contribution >= 0.6 is 11.6 Å². The highest BCUT2D eigenvalue weighted by Gasteiger charge is 2.19. The van der Waals surface area contributed by atoms with E-state index in [1.165, 1.54) is 12.8 Å². The van der Waals surface area contributed by atoms with Crippen molar-refractivity contribution in [2.45, 2.75) is 31.7 Å². The highest BCUT2D eigenvalue weighted by Crippen LogP contribution is 2.29. The van der Waals surface area contributed by atoms with E-state index in [0.717, 1.165) is 23.9 Å². The second kappa shape index (κ2) is 5.17. The van der Waals surface area contributed by atoms with Gasteiger partial charge in [-0.25, -0.2) is 0 Å². The molecule has 1 saturated carbocycles. The maximum absolute atomic E-state index is 11.2. The van der Waals surface area contributed by atoms with E-state index in [1.807, 2.05) is 23.0 Å². The topological polar surface area (TPSA) is 59.8 Å². The van der Waals surface area contributed by atoms with E-state index in [9.17, 15) is 4.79 Å². The van der Waals surface area contributed by atoms with E-state index in [0.29, 0.717) is 11.7 Å². The van der Waals surface area contributed by atoms with E-state index in [2.05, 4.69) is 15.5 Å². The van der Waals surface area contributed by atoms with Crippen LogP contribution in [0.25, 0.3) is 11.0 Å². The van der Waals surface area contributed by atoms with Crippen molar-refractivity contribution < 1.29 is 4.79 Å². The molecule has 3 rings (SSSR count). The summed E-state index contributed by atoms with van der Waals surface area (Å²) in [7, 11) is 0. The molecule has 0 radical (unpaired) electrons. The number of aromatic nitrogens is 3. The van der Waals surface area contributed by atoms with Crippen molar-refractivity contribution in [2.24, 2.45) is 0 Å². The fourth-order valence-electron chi connectivity index (χ4n) is 2.50. The summed E-state index contributed by atoms with van der Waals surface area (Å²) in [6, 6.07) is 5.95. The van der Waals surface area contributed by atoms with Crippen molar-refractivity contribution in [1.29, 1.82) is 0 Å². The molecule has 0 aliphatic heterocycles. The van der Waals surface area contributed by atoms with Crippen molar-refractivity contribution in [3.63, 3.8) is 0 Å². The number of anilines is 1. The molecule has 1 amide bonds. The monoisotopic (exact) mass is 278 g/mol. The average Bonchev–Trinajstić information content (AvgIpc) is 3.06. The molecule has 1 aromatic carbocycles. The standard InChI is InChI=1S/C13H15ClN4O/c14-8-13(19)15-9-5-6-11-12(7-9)17-18(16-11)10-3-1-2-4-10/h5-7,10H,1-4,8H2,(H,15,19). The Morgan fingerprint density at radius 1 is 1.32 bits per heavy atom. The number of nitrogens with one attached hydrogen (secondary N) is 1. The Balaban J connectivity index is 1.88. The first kappa shape index (κ1) is 12.4. The van der Waals surface area contributed by atoms with Crippen LogP contribution in [-0.2, 0) is 4.79 Å². The smallest absolute Gasteiger partial charge is 0.239 e. The Morgan fingerprint density at radius 2 is 2.05 bits per heavy atom. The normalized spacial score (nSPS) is 16.1. The Labute approximate surface area is 115 Å². The van der Waals surface area contributed by atoms with E-state index in [1.54, 1.807) is 0 Å². The molecular weight excluding hydrogens is 264 g/mol. The first-order chi connectivity index (χ1) is 9.26. The molecule has 0 unspecified atom stereocenters. The van der Waals surface area contributed by atoms with Gasteiger partial charge in [0.1, 0.15) is 16.9 Å². The second-order valence-electron chi connectivity index (χ2n) is 4.84. The molecule has 0 spiro atoms. The third-order valence-electron chi connectivity index (χ3n) is 3.45. The van der Waals surface area contributed by atoms with Crippen LogP contribution in [0.1, 0.15) is 31.7 Å². The first-order valence-electron chi connectivity index (χ1n) is 6.48. The predicted octanol–water partition coefficient (Wildman–Crippen LogP) is 2.72. The average molecular weight is 279 g/mol. The Kier molecular flexibility index (Phi) is 3.38. The molecule has 1 aliphatic rings. The van der Waals surface area contributed by atoms with Gasteiger partial charge in [0.25, 0.3) is 0 Å². The summed E-state index contributed by atoms with van der Waals surface area (Å²) in [6.07, 6.45) is 4.80. The minimum atomic E-state index is -0.218. The summed E-state index contributed by atoms with van der Waals surface area (Å²) in [6.45, 7) is 0. The van der Waals surface area contributed by atoms with Crippen molar-refractivity contribution in [3.05, 3.63) is 18.2 Å². The van der Waals surface area contributed by atoms with Crippen molar-refractivity contribution in [2.75, 3.05) is 11.2 Å². The van der Waals surface area contributed by atoms with Crippen LogP contribution in [0.5, 0.6) is 0 Å². The lowest BCUT2D eigenvalue weighted by atomic mass is 10.3. The summed E-state index contributed by atoms with van der Waals surface area (Å²) in [4.78, 5) is 13.1. The molecule has 5 nitrogen and oxygen atoms in total. The van der Waals surface area contributed by atoms with Crippen molar-refractivity contribution >= 4 is 34.2 Å². The number of halogens is 1. The maximum Gasteiger partial charge on any atom is 0.239 e. The van der Waals surface area contributed by atoms with Crippen LogP contribution in [0.4, 0.5) is 5.69 Å². The number of fused-ring (bicyclic) bond motifs is 1. The van der Waals surface area contributed by atoms with Crippen LogP contribution in [0.2, 0.25) is 0 Å². The summed E-state index contributed by atoms with van der Waals surface area (Å²) < 4.78 is 0. The maximum atomic E-state index is 11.2. The van der Waals surface area contributed by atoms with Gasteiger partial charge in [0, 0.05) is 5.69 Å². The molecule has 0 saturated heterocycles. The fraction of sp³-hybridized carbons (Fsp3) is 0.462. The van der Waals surface area contributed by atoms with Gasteiger partial charge in [0.15, 0.2) is 0 Å². The number of carbonyl (C=O) groups is 1. The second-order valence-corrected chi connectivity index (χ2v) is 5.11. The van der Waals surface area contributed by atoms with E-state index < -0.39 is 0 Å². The zero-order chi connectivity index (χ0) is 13.2. The molecule has 2 aromatic rings. The van der Waals surface area contributed by atoms with Gasteiger partial charge in [-0.1, -0.05) is 12.8 Å². The molecular formula is C13H15ClN4O. The number of hydrogen-bond acceptors (Lipinski definition) is 3. The molecule has 0 bridgehead atoms. The minimum Gasteiger partial charge on any atom is -0.325 e. The SMILES string of the molecule is O=C(CCl)Nc1ccc2nn(C3CCCC3)nc2c1. The number of amides is 1. The number of benzene rings is 1. The fourth-order valence-corrected chi connectivity index (χ4v) is 2.57. The Bertz CT molecular complexity index is 604. The van der Waals surface area contributed by atoms with Gasteiger partial charge >= 0.3 is 0 Å². The molecule has 1 N–H and O–H groups in total. The molecule has 19 heavy (non-hydrogen) atoms. The number of rotatable bonds is 3. The summed E-state index contributed by atoms with van der Waals surface area (Å²) >= 11 is 5.47. The van der Waals surface area contributed by atoms with E-state index in [4.69, 9.17) is 11.6 Å². The number of nitrogens with zero attached hydrogens (tertiary/aromatic N) is 3. The van der Waals surface area contributed by atoms with Gasteiger partial charge in [0.05, 0.1) is 6.04 Å². The third-order valence-corrected chi connectivity index (χ3v) is 3.69. The lowest BCUT2D eigenvalue weighted by Gasteiger charge is -2.05. The summed E-state index contributed by atoms with van der Waals surface area (Å²) in [5.74, 6) is -0.267. The molecule has 100 valence electrons. The Morgan fingerprint density at radius 3 is 2.79 bits per heavy atom. The molecule has 1 aliphatic carbocycles. The first-order valence-corrected chi connectivity index (χ1v) is 7.02. The van der Waals surface area contributed by atoms with Gasteiger partial charge < -0.3 is 5.32 Å². The molecule has 0 atom stereocenters. The quantitative estimate of drug-likeness (QED) is 0.878. The highest BCUT2D eigenvalue weighted by molar-refractivity contribution is 6.29. The lowest BCUT2D eigenvalue weighted by Crippen LogP contribution is -2.12. The highest BCUT2D eigenvalue weighted by atomic mass is 35.5. The molecule has 6 heteroatoms. The Hall–Kier alpha value is -1.62. The van der Waals surface area contributed by atoms with Crippen LogP contribution < -0.4 is 5.32 Å².